The van der Waals surface area contributed by atoms with Gasteiger partial charge in [-0.25, -0.2) is 14.1 Å². The molecule has 0 rings (SSSR count). The molecule has 0 aromatic rings. The van der Waals surface area contributed by atoms with E-state index in [1.54, 1.807) is 0 Å². The highest BCUT2D eigenvalue weighted by molar-refractivity contribution is 7.90. The zero-order chi connectivity index (χ0) is 5.91. The lowest BCUT2D eigenvalue weighted by atomic mass is 10.8. The van der Waals surface area contributed by atoms with E-state index in [0.717, 1.165) is 0 Å². The first-order valence-electron chi connectivity index (χ1n) is 1.71. The highest BCUT2D eigenvalue weighted by atomic mass is 32.2. The molecule has 0 aliphatic rings. The molecule has 3 nitrogen and oxygen atoms in total. The van der Waals surface area contributed by atoms with Crippen LogP contribution in [0.3, 0.4) is 0 Å². The lowest BCUT2D eigenvalue weighted by Crippen LogP contribution is -2.12. The summed E-state index contributed by atoms with van der Waals surface area (Å²) in [7, 11) is -2.79. The van der Waals surface area contributed by atoms with Gasteiger partial charge in [0.25, 0.3) is 0 Å². The molecule has 0 bridgehead atoms. The van der Waals surface area contributed by atoms with Crippen molar-refractivity contribution in [3.63, 3.8) is 0 Å². The Morgan fingerprint density at radius 1 is 2.00 bits per heavy atom. The molecule has 0 fully saturated rings. The molecule has 0 amide bonds. The van der Waals surface area contributed by atoms with Crippen molar-refractivity contribution < 1.29 is 4.21 Å². The van der Waals surface area contributed by atoms with Crippen molar-refractivity contribution in [2.45, 2.75) is 0 Å². The predicted molar refractivity (Wildman–Crippen MR) is 30.1 cm³/mol. The molecular weight excluding hydrogens is 112 g/mol. The molecular formula is C3H8N2OS. The smallest absolute Gasteiger partial charge is 0.106 e. The number of rotatable bonds is 2. The van der Waals surface area contributed by atoms with Gasteiger partial charge in [-0.3, -0.25) is 0 Å². The van der Waals surface area contributed by atoms with Crippen LogP contribution in [0, 0.1) is 4.78 Å². The fourth-order valence-electron chi connectivity index (χ4n) is 0.175. The maximum Gasteiger partial charge on any atom is 0.106 e. The van der Waals surface area contributed by atoms with E-state index in [0.29, 0.717) is 0 Å². The van der Waals surface area contributed by atoms with Gasteiger partial charge in [0.1, 0.15) is 9.92 Å². The van der Waals surface area contributed by atoms with Gasteiger partial charge >= 0.3 is 0 Å². The monoisotopic (exact) mass is 120 g/mol. The van der Waals surface area contributed by atoms with Crippen molar-refractivity contribution in [1.29, 1.82) is 4.78 Å². The second-order valence-corrected chi connectivity index (χ2v) is 2.97. The van der Waals surface area contributed by atoms with E-state index in [-0.39, 0.29) is 5.75 Å². The van der Waals surface area contributed by atoms with Crippen molar-refractivity contribution in [1.82, 2.24) is 0 Å². The third-order valence-corrected chi connectivity index (χ3v) is 1.10. The summed E-state index contributed by atoms with van der Waals surface area (Å²) >= 11 is 0. The van der Waals surface area contributed by atoms with E-state index in [1.165, 1.54) is 6.08 Å². The minimum Gasteiger partial charge on any atom is -0.245 e. The minimum absolute atomic E-state index is 0.0764. The molecule has 0 saturated carbocycles. The molecule has 4 heteroatoms. The quantitative estimate of drug-likeness (QED) is 0.498. The molecule has 3 N–H and O–H groups in total. The summed E-state index contributed by atoms with van der Waals surface area (Å²) in [6, 6.07) is 0. The summed E-state index contributed by atoms with van der Waals surface area (Å²) in [6.07, 6.45) is 1.37. The molecule has 1 atom stereocenters. The second kappa shape index (κ2) is 2.09. The Kier molecular flexibility index (Phi) is 1.98. The summed E-state index contributed by atoms with van der Waals surface area (Å²) < 4.78 is 16.7. The Bertz CT molecular complexity index is 146. The standard InChI is InChI=1S/C3H8N2OS/c1-2-3-7(4,5)6/h2H,1,3H2,(H3,4,5,6). The van der Waals surface area contributed by atoms with Crippen LogP contribution in [-0.4, -0.2) is 9.96 Å². The van der Waals surface area contributed by atoms with Crippen molar-refractivity contribution in [3.8, 4) is 0 Å². The highest BCUT2D eigenvalue weighted by Crippen LogP contribution is 1.75. The van der Waals surface area contributed by atoms with Crippen LogP contribution in [0.4, 0.5) is 0 Å². The minimum atomic E-state index is -2.79. The SMILES string of the molecule is C=CCS(=N)(N)=O. The Morgan fingerprint density at radius 2 is 2.43 bits per heavy atom. The first kappa shape index (κ1) is 6.65. The van der Waals surface area contributed by atoms with Crippen LogP contribution in [0.2, 0.25) is 0 Å². The van der Waals surface area contributed by atoms with Crippen LogP contribution in [0.1, 0.15) is 0 Å². The summed E-state index contributed by atoms with van der Waals surface area (Å²) in [6.45, 7) is 3.27. The van der Waals surface area contributed by atoms with Gasteiger partial charge in [-0.15, -0.1) is 6.58 Å². The molecule has 0 aromatic carbocycles. The van der Waals surface area contributed by atoms with Gasteiger partial charge in [-0.05, 0) is 0 Å². The lowest BCUT2D eigenvalue weighted by molar-refractivity contribution is 0.678. The largest absolute Gasteiger partial charge is 0.245 e. The van der Waals surface area contributed by atoms with E-state index in [9.17, 15) is 4.21 Å². The van der Waals surface area contributed by atoms with Crippen LogP contribution in [0.25, 0.3) is 0 Å². The molecule has 0 heterocycles. The van der Waals surface area contributed by atoms with Crippen LogP contribution < -0.4 is 5.14 Å². The van der Waals surface area contributed by atoms with E-state index in [1.807, 2.05) is 0 Å². The Hall–Kier alpha value is -0.350. The van der Waals surface area contributed by atoms with Gasteiger partial charge in [-0.2, -0.15) is 0 Å². The summed E-state index contributed by atoms with van der Waals surface area (Å²) in [5.74, 6) is 0.0764. The van der Waals surface area contributed by atoms with Crippen LogP contribution in [0.15, 0.2) is 12.7 Å². The molecule has 0 spiro atoms. The van der Waals surface area contributed by atoms with Crippen LogP contribution in [-0.2, 0) is 9.92 Å². The van der Waals surface area contributed by atoms with Crippen LogP contribution >= 0.6 is 0 Å². The highest BCUT2D eigenvalue weighted by Gasteiger charge is 1.87. The van der Waals surface area contributed by atoms with Crippen molar-refractivity contribution >= 4 is 9.92 Å². The Labute approximate surface area is 43.3 Å². The third kappa shape index (κ3) is 5.65. The topological polar surface area (TPSA) is 66.9 Å². The summed E-state index contributed by atoms with van der Waals surface area (Å²) in [4.78, 5) is 0. The molecule has 7 heavy (non-hydrogen) atoms. The first-order chi connectivity index (χ1) is 3.06. The van der Waals surface area contributed by atoms with E-state index >= 15 is 0 Å². The fraction of sp³-hybridized carbons (Fsp3) is 0.333. The molecule has 42 valence electrons. The molecule has 0 radical (unpaired) electrons. The number of hydrogen-bond donors (Lipinski definition) is 2. The Balaban J connectivity index is 3.84. The van der Waals surface area contributed by atoms with Crippen LogP contribution in [0.5, 0.6) is 0 Å². The van der Waals surface area contributed by atoms with Gasteiger partial charge < -0.3 is 0 Å². The van der Waals surface area contributed by atoms with Gasteiger partial charge in [0.2, 0.25) is 0 Å². The lowest BCUT2D eigenvalue weighted by Gasteiger charge is -1.88. The number of nitrogens with two attached hydrogens (primary N) is 1. The maximum absolute atomic E-state index is 10.2. The maximum atomic E-state index is 10.2. The van der Waals surface area contributed by atoms with Gasteiger partial charge in [-0.1, -0.05) is 6.08 Å². The number of hydrogen-bond acceptors (Lipinski definition) is 2. The van der Waals surface area contributed by atoms with Gasteiger partial charge in [0.05, 0.1) is 5.75 Å². The normalized spacial score (nSPS) is 17.9. The average Bonchev–Trinajstić information content (AvgIpc) is 1.30. The van der Waals surface area contributed by atoms with Gasteiger partial charge in [0.15, 0.2) is 0 Å². The zero-order valence-electron chi connectivity index (χ0n) is 3.89. The van der Waals surface area contributed by atoms with Crippen molar-refractivity contribution in [2.24, 2.45) is 5.14 Å². The molecule has 0 aliphatic heterocycles. The predicted octanol–water partition coefficient (Wildman–Crippen LogP) is 0.0929. The van der Waals surface area contributed by atoms with Crippen molar-refractivity contribution in [2.75, 3.05) is 5.75 Å². The van der Waals surface area contributed by atoms with E-state index in [2.05, 4.69) is 6.58 Å². The zero-order valence-corrected chi connectivity index (χ0v) is 4.70. The van der Waals surface area contributed by atoms with Crippen molar-refractivity contribution in [3.05, 3.63) is 12.7 Å². The van der Waals surface area contributed by atoms with E-state index in [4.69, 9.17) is 9.92 Å². The van der Waals surface area contributed by atoms with E-state index < -0.39 is 9.92 Å². The molecule has 0 saturated heterocycles. The summed E-state index contributed by atoms with van der Waals surface area (Å²) in [5.41, 5.74) is 0. The molecule has 1 unspecified atom stereocenters. The second-order valence-electron chi connectivity index (χ2n) is 1.18. The summed E-state index contributed by atoms with van der Waals surface area (Å²) in [5, 5.41) is 4.77. The fourth-order valence-corrected chi connectivity index (χ4v) is 0.525. The number of nitrogens with one attached hydrogen (secondary N) is 1. The average molecular weight is 120 g/mol. The third-order valence-electron chi connectivity index (χ3n) is 0.365. The Morgan fingerprint density at radius 3 is 2.43 bits per heavy atom. The first-order valence-corrected chi connectivity index (χ1v) is 3.50. The molecule has 0 aliphatic carbocycles. The van der Waals surface area contributed by atoms with Gasteiger partial charge in [0, 0.05) is 0 Å². The molecule has 0 aromatic heterocycles.